The fraction of sp³-hybridized carbons (Fsp3) is 0.500. The van der Waals surface area contributed by atoms with Crippen LogP contribution in [0, 0.1) is 0 Å². The van der Waals surface area contributed by atoms with Gasteiger partial charge in [-0.1, -0.05) is 18.2 Å². The lowest BCUT2D eigenvalue weighted by Gasteiger charge is -2.12. The molecule has 4 nitrogen and oxygen atoms in total. The van der Waals surface area contributed by atoms with Crippen molar-refractivity contribution in [2.45, 2.75) is 25.4 Å². The molecule has 4 heteroatoms. The van der Waals surface area contributed by atoms with Crippen LogP contribution in [0.1, 0.15) is 18.9 Å². The van der Waals surface area contributed by atoms with E-state index in [0.717, 1.165) is 17.9 Å². The van der Waals surface area contributed by atoms with Crippen LogP contribution in [0.25, 0.3) is 0 Å². The summed E-state index contributed by atoms with van der Waals surface area (Å²) >= 11 is 0. The molecule has 2 rings (SSSR count). The molecule has 98 valence electrons. The number of carbonyl (C=O) groups excluding carboxylic acids is 1. The molecule has 1 aromatic carbocycles. The van der Waals surface area contributed by atoms with Crippen molar-refractivity contribution in [3.05, 3.63) is 29.8 Å². The SMILES string of the molecule is COC(=O)CCc1ccccc1OCC1(C)CO1. The van der Waals surface area contributed by atoms with E-state index in [9.17, 15) is 4.79 Å². The van der Waals surface area contributed by atoms with E-state index < -0.39 is 0 Å². The second-order valence-electron chi connectivity index (χ2n) is 4.71. The Morgan fingerprint density at radius 2 is 2.17 bits per heavy atom. The van der Waals surface area contributed by atoms with Gasteiger partial charge in [0.15, 0.2) is 0 Å². The summed E-state index contributed by atoms with van der Waals surface area (Å²) in [5.41, 5.74) is 0.891. The maximum atomic E-state index is 11.1. The molecule has 0 spiro atoms. The molecule has 0 bridgehead atoms. The van der Waals surface area contributed by atoms with Gasteiger partial charge in [0.05, 0.1) is 13.7 Å². The standard InChI is InChI=1S/C14H18O4/c1-14(10-18-14)9-17-12-6-4-3-5-11(12)7-8-13(15)16-2/h3-6H,7-10H2,1-2H3. The van der Waals surface area contributed by atoms with Crippen LogP contribution >= 0.6 is 0 Å². The van der Waals surface area contributed by atoms with Crippen molar-refractivity contribution >= 4 is 5.97 Å². The highest BCUT2D eigenvalue weighted by Gasteiger charge is 2.40. The summed E-state index contributed by atoms with van der Waals surface area (Å²) in [6.07, 6.45) is 0.991. The zero-order valence-corrected chi connectivity index (χ0v) is 10.8. The maximum absolute atomic E-state index is 11.1. The normalized spacial score (nSPS) is 21.4. The highest BCUT2D eigenvalue weighted by molar-refractivity contribution is 5.69. The molecule has 1 aliphatic rings. The number of aryl methyl sites for hydroxylation is 1. The molecular weight excluding hydrogens is 232 g/mol. The Hall–Kier alpha value is -1.55. The molecular formula is C14H18O4. The molecule has 0 radical (unpaired) electrons. The maximum Gasteiger partial charge on any atom is 0.305 e. The third-order valence-corrected chi connectivity index (χ3v) is 2.97. The smallest absolute Gasteiger partial charge is 0.305 e. The van der Waals surface area contributed by atoms with Gasteiger partial charge in [-0.15, -0.1) is 0 Å². The summed E-state index contributed by atoms with van der Waals surface area (Å²) < 4.78 is 15.7. The number of carbonyl (C=O) groups is 1. The molecule has 1 saturated heterocycles. The molecule has 1 fully saturated rings. The number of rotatable bonds is 6. The molecule has 0 amide bonds. The Labute approximate surface area is 107 Å². The van der Waals surface area contributed by atoms with Crippen molar-refractivity contribution in [1.29, 1.82) is 0 Å². The van der Waals surface area contributed by atoms with Gasteiger partial charge in [0.1, 0.15) is 18.0 Å². The fourth-order valence-electron chi connectivity index (χ4n) is 1.63. The van der Waals surface area contributed by atoms with Gasteiger partial charge in [-0.3, -0.25) is 4.79 Å². The third kappa shape index (κ3) is 3.47. The van der Waals surface area contributed by atoms with Gasteiger partial charge in [0.25, 0.3) is 0 Å². The fourth-order valence-corrected chi connectivity index (χ4v) is 1.63. The lowest BCUT2D eigenvalue weighted by Crippen LogP contribution is -2.17. The van der Waals surface area contributed by atoms with E-state index in [1.54, 1.807) is 0 Å². The quantitative estimate of drug-likeness (QED) is 0.572. The van der Waals surface area contributed by atoms with Crippen molar-refractivity contribution in [1.82, 2.24) is 0 Å². The van der Waals surface area contributed by atoms with Crippen LogP contribution in [0.2, 0.25) is 0 Å². The predicted octanol–water partition coefficient (Wildman–Crippen LogP) is 1.96. The van der Waals surface area contributed by atoms with Gasteiger partial charge in [-0.2, -0.15) is 0 Å². The predicted molar refractivity (Wildman–Crippen MR) is 66.6 cm³/mol. The van der Waals surface area contributed by atoms with Crippen molar-refractivity contribution in [3.63, 3.8) is 0 Å². The molecule has 0 aromatic heterocycles. The number of hydrogen-bond donors (Lipinski definition) is 0. The number of benzene rings is 1. The van der Waals surface area contributed by atoms with E-state index in [-0.39, 0.29) is 11.6 Å². The van der Waals surface area contributed by atoms with E-state index in [0.29, 0.717) is 19.4 Å². The monoisotopic (exact) mass is 250 g/mol. The zero-order valence-electron chi connectivity index (χ0n) is 10.8. The van der Waals surface area contributed by atoms with Crippen LogP contribution in [-0.2, 0) is 20.7 Å². The van der Waals surface area contributed by atoms with E-state index in [2.05, 4.69) is 4.74 Å². The number of epoxide rings is 1. The Balaban J connectivity index is 1.94. The topological polar surface area (TPSA) is 48.1 Å². The molecule has 1 atom stereocenters. The van der Waals surface area contributed by atoms with Crippen LogP contribution in [-0.4, -0.2) is 31.9 Å². The molecule has 1 unspecified atom stereocenters. The molecule has 0 N–H and O–H groups in total. The molecule has 18 heavy (non-hydrogen) atoms. The van der Waals surface area contributed by atoms with Crippen molar-refractivity contribution in [3.8, 4) is 5.75 Å². The lowest BCUT2D eigenvalue weighted by atomic mass is 10.1. The Bertz CT molecular complexity index is 424. The second kappa shape index (κ2) is 5.40. The van der Waals surface area contributed by atoms with Gasteiger partial charge >= 0.3 is 5.97 Å². The average molecular weight is 250 g/mol. The Morgan fingerprint density at radius 3 is 2.83 bits per heavy atom. The van der Waals surface area contributed by atoms with Crippen molar-refractivity contribution in [2.75, 3.05) is 20.3 Å². The summed E-state index contributed by atoms with van der Waals surface area (Å²) in [6, 6.07) is 7.74. The summed E-state index contributed by atoms with van der Waals surface area (Å²) in [5, 5.41) is 0. The van der Waals surface area contributed by atoms with Gasteiger partial charge in [0, 0.05) is 6.42 Å². The Morgan fingerprint density at radius 1 is 1.44 bits per heavy atom. The Kier molecular flexibility index (Phi) is 3.87. The van der Waals surface area contributed by atoms with Crippen LogP contribution in [0.4, 0.5) is 0 Å². The van der Waals surface area contributed by atoms with E-state index in [1.807, 2.05) is 31.2 Å². The van der Waals surface area contributed by atoms with Crippen LogP contribution in [0.3, 0.4) is 0 Å². The number of methoxy groups -OCH3 is 1. The number of ether oxygens (including phenoxy) is 3. The first-order valence-electron chi connectivity index (χ1n) is 6.04. The van der Waals surface area contributed by atoms with Crippen LogP contribution in [0.5, 0.6) is 5.75 Å². The number of para-hydroxylation sites is 1. The average Bonchev–Trinajstić information content (AvgIpc) is 3.13. The summed E-state index contributed by atoms with van der Waals surface area (Å²) in [5.74, 6) is 0.611. The molecule has 1 aliphatic heterocycles. The first-order valence-corrected chi connectivity index (χ1v) is 6.04. The third-order valence-electron chi connectivity index (χ3n) is 2.97. The zero-order chi connectivity index (χ0) is 13.0. The molecule has 0 aliphatic carbocycles. The van der Waals surface area contributed by atoms with Crippen LogP contribution < -0.4 is 4.74 Å². The van der Waals surface area contributed by atoms with Crippen LogP contribution in [0.15, 0.2) is 24.3 Å². The summed E-state index contributed by atoms with van der Waals surface area (Å²) in [6.45, 7) is 3.31. The first-order chi connectivity index (χ1) is 8.63. The minimum absolute atomic E-state index is 0.130. The molecule has 1 aromatic rings. The van der Waals surface area contributed by atoms with Gasteiger partial charge < -0.3 is 14.2 Å². The van der Waals surface area contributed by atoms with E-state index in [1.165, 1.54) is 7.11 Å². The minimum Gasteiger partial charge on any atom is -0.490 e. The number of hydrogen-bond acceptors (Lipinski definition) is 4. The number of esters is 1. The summed E-state index contributed by atoms with van der Waals surface area (Å²) in [7, 11) is 1.40. The van der Waals surface area contributed by atoms with Gasteiger partial charge in [0.2, 0.25) is 0 Å². The lowest BCUT2D eigenvalue weighted by molar-refractivity contribution is -0.140. The molecule has 1 heterocycles. The highest BCUT2D eigenvalue weighted by atomic mass is 16.6. The van der Waals surface area contributed by atoms with Crippen molar-refractivity contribution < 1.29 is 19.0 Å². The largest absolute Gasteiger partial charge is 0.490 e. The van der Waals surface area contributed by atoms with Gasteiger partial charge in [-0.25, -0.2) is 0 Å². The van der Waals surface area contributed by atoms with E-state index in [4.69, 9.17) is 9.47 Å². The second-order valence-corrected chi connectivity index (χ2v) is 4.71. The first kappa shape index (κ1) is 12.9. The minimum atomic E-state index is -0.206. The van der Waals surface area contributed by atoms with Gasteiger partial charge in [-0.05, 0) is 25.0 Å². The van der Waals surface area contributed by atoms with Crippen molar-refractivity contribution in [2.24, 2.45) is 0 Å². The molecule has 0 saturated carbocycles. The summed E-state index contributed by atoms with van der Waals surface area (Å²) in [4.78, 5) is 11.1. The highest BCUT2D eigenvalue weighted by Crippen LogP contribution is 2.28. The van der Waals surface area contributed by atoms with E-state index >= 15 is 0 Å².